The average molecular weight is 292 g/mol. The summed E-state index contributed by atoms with van der Waals surface area (Å²) in [5, 5.41) is 11.6. The molecule has 0 spiro atoms. The van der Waals surface area contributed by atoms with E-state index in [1.54, 1.807) is 13.8 Å². The molecule has 2 atom stereocenters. The number of rotatable bonds is 7. The highest BCUT2D eigenvalue weighted by Gasteiger charge is 2.20. The van der Waals surface area contributed by atoms with E-state index in [4.69, 9.17) is 5.11 Å². The topological polar surface area (TPSA) is 69.6 Å². The fourth-order valence-electron chi connectivity index (χ4n) is 1.88. The maximum atomic E-state index is 11.8. The van der Waals surface area contributed by atoms with Crippen LogP contribution >= 0.6 is 0 Å². The molecule has 2 N–H and O–H groups in total. The van der Waals surface area contributed by atoms with E-state index >= 15 is 0 Å². The van der Waals surface area contributed by atoms with Crippen molar-refractivity contribution in [2.75, 3.05) is 19.0 Å². The third kappa shape index (κ3) is 5.45. The minimum absolute atomic E-state index is 0.118. The van der Waals surface area contributed by atoms with E-state index in [2.05, 4.69) is 5.32 Å². The molecule has 1 aromatic carbocycles. The van der Waals surface area contributed by atoms with Gasteiger partial charge < -0.3 is 15.3 Å². The number of anilines is 1. The van der Waals surface area contributed by atoms with E-state index < -0.39 is 11.9 Å². The van der Waals surface area contributed by atoms with Gasteiger partial charge in [0.05, 0.1) is 5.92 Å². The third-order valence-electron chi connectivity index (χ3n) is 3.62. The van der Waals surface area contributed by atoms with Gasteiger partial charge in [-0.1, -0.05) is 12.1 Å². The predicted octanol–water partition coefficient (Wildman–Crippen LogP) is 1.91. The van der Waals surface area contributed by atoms with E-state index in [0.29, 0.717) is 12.8 Å². The Bertz CT molecular complexity index is 483. The number of carbonyl (C=O) groups is 2. The highest BCUT2D eigenvalue weighted by atomic mass is 16.4. The van der Waals surface area contributed by atoms with Gasteiger partial charge in [-0.15, -0.1) is 0 Å². The molecular weight excluding hydrogens is 268 g/mol. The number of amides is 1. The quantitative estimate of drug-likeness (QED) is 0.805. The van der Waals surface area contributed by atoms with E-state index in [1.165, 1.54) is 0 Å². The number of aryl methyl sites for hydroxylation is 1. The van der Waals surface area contributed by atoms with Crippen LogP contribution in [0.25, 0.3) is 0 Å². The first-order chi connectivity index (χ1) is 9.81. The number of hydrogen-bond donors (Lipinski definition) is 2. The summed E-state index contributed by atoms with van der Waals surface area (Å²) < 4.78 is 0. The molecule has 0 bridgehead atoms. The zero-order valence-electron chi connectivity index (χ0n) is 13.1. The maximum absolute atomic E-state index is 11.8. The Kier molecular flexibility index (Phi) is 6.21. The Balaban J connectivity index is 2.44. The molecule has 21 heavy (non-hydrogen) atoms. The van der Waals surface area contributed by atoms with Gasteiger partial charge in [0.15, 0.2) is 0 Å². The average Bonchev–Trinajstić information content (AvgIpc) is 2.44. The van der Waals surface area contributed by atoms with Crippen molar-refractivity contribution in [3.05, 3.63) is 29.8 Å². The van der Waals surface area contributed by atoms with Gasteiger partial charge in [0.1, 0.15) is 0 Å². The highest BCUT2D eigenvalue weighted by molar-refractivity contribution is 5.78. The van der Waals surface area contributed by atoms with Crippen molar-refractivity contribution in [3.8, 4) is 0 Å². The lowest BCUT2D eigenvalue weighted by molar-refractivity contribution is -0.142. The van der Waals surface area contributed by atoms with Crippen molar-refractivity contribution in [3.63, 3.8) is 0 Å². The SMILES string of the molecule is CC(NC(=O)CCc1ccc(N(C)C)cc1)C(C)C(=O)O. The second-order valence-electron chi connectivity index (χ2n) is 5.54. The second-order valence-corrected chi connectivity index (χ2v) is 5.54. The van der Waals surface area contributed by atoms with Gasteiger partial charge in [0, 0.05) is 32.2 Å². The summed E-state index contributed by atoms with van der Waals surface area (Å²) in [6, 6.07) is 7.67. The first-order valence-corrected chi connectivity index (χ1v) is 7.09. The van der Waals surface area contributed by atoms with Gasteiger partial charge in [-0.2, -0.15) is 0 Å². The molecule has 1 aromatic rings. The van der Waals surface area contributed by atoms with Crippen LogP contribution in [0.5, 0.6) is 0 Å². The number of aliphatic carboxylic acids is 1. The predicted molar refractivity (Wildman–Crippen MR) is 83.5 cm³/mol. The van der Waals surface area contributed by atoms with Crippen LogP contribution in [0.3, 0.4) is 0 Å². The summed E-state index contributed by atoms with van der Waals surface area (Å²) in [5.74, 6) is -1.61. The molecule has 0 saturated heterocycles. The Morgan fingerprint density at radius 1 is 1.19 bits per heavy atom. The molecule has 5 heteroatoms. The van der Waals surface area contributed by atoms with E-state index in [-0.39, 0.29) is 11.9 Å². The van der Waals surface area contributed by atoms with Gasteiger partial charge in [-0.25, -0.2) is 0 Å². The molecule has 0 radical (unpaired) electrons. The summed E-state index contributed by atoms with van der Waals surface area (Å²) >= 11 is 0. The fraction of sp³-hybridized carbons (Fsp3) is 0.500. The van der Waals surface area contributed by atoms with Crippen molar-refractivity contribution in [1.29, 1.82) is 0 Å². The molecule has 0 aliphatic carbocycles. The number of carboxylic acid groups (broad SMARTS) is 1. The van der Waals surface area contributed by atoms with Crippen LogP contribution in [0, 0.1) is 5.92 Å². The lowest BCUT2D eigenvalue weighted by Gasteiger charge is -2.17. The number of nitrogens with zero attached hydrogens (tertiary/aromatic N) is 1. The van der Waals surface area contributed by atoms with E-state index in [1.807, 2.05) is 43.3 Å². The third-order valence-corrected chi connectivity index (χ3v) is 3.62. The van der Waals surface area contributed by atoms with Crippen molar-refractivity contribution < 1.29 is 14.7 Å². The standard InChI is InChI=1S/C16H24N2O3/c1-11(16(20)21)12(2)17-15(19)10-7-13-5-8-14(9-6-13)18(3)4/h5-6,8-9,11-12H,7,10H2,1-4H3,(H,17,19)(H,20,21). The van der Waals surface area contributed by atoms with Crippen LogP contribution in [0.15, 0.2) is 24.3 Å². The molecule has 1 rings (SSSR count). The lowest BCUT2D eigenvalue weighted by atomic mass is 10.0. The summed E-state index contributed by atoms with van der Waals surface area (Å²) in [7, 11) is 3.96. The van der Waals surface area contributed by atoms with E-state index in [0.717, 1.165) is 11.3 Å². The largest absolute Gasteiger partial charge is 0.481 e. The minimum atomic E-state index is -0.901. The number of carboxylic acids is 1. The molecule has 116 valence electrons. The van der Waals surface area contributed by atoms with Gasteiger partial charge >= 0.3 is 5.97 Å². The summed E-state index contributed by atoms with van der Waals surface area (Å²) in [6.45, 7) is 3.30. The van der Waals surface area contributed by atoms with Gasteiger partial charge in [0.2, 0.25) is 5.91 Å². The molecule has 0 saturated carbocycles. The monoisotopic (exact) mass is 292 g/mol. The van der Waals surface area contributed by atoms with Crippen LogP contribution in [-0.4, -0.2) is 37.1 Å². The van der Waals surface area contributed by atoms with Gasteiger partial charge in [-0.3, -0.25) is 9.59 Å². The Morgan fingerprint density at radius 3 is 2.24 bits per heavy atom. The van der Waals surface area contributed by atoms with Crippen molar-refractivity contribution >= 4 is 17.6 Å². The molecule has 1 amide bonds. The highest BCUT2D eigenvalue weighted by Crippen LogP contribution is 2.13. The number of carbonyl (C=O) groups excluding carboxylic acids is 1. The first-order valence-electron chi connectivity index (χ1n) is 7.09. The molecule has 5 nitrogen and oxygen atoms in total. The zero-order chi connectivity index (χ0) is 16.0. The van der Waals surface area contributed by atoms with Crippen LogP contribution in [0.4, 0.5) is 5.69 Å². The lowest BCUT2D eigenvalue weighted by Crippen LogP contribution is -2.40. The van der Waals surface area contributed by atoms with Crippen molar-refractivity contribution in [2.24, 2.45) is 5.92 Å². The molecule has 2 unspecified atom stereocenters. The minimum Gasteiger partial charge on any atom is -0.481 e. The molecule has 0 aromatic heterocycles. The summed E-state index contributed by atoms with van der Waals surface area (Å²) in [6.07, 6.45) is 1.01. The van der Waals surface area contributed by atoms with E-state index in [9.17, 15) is 9.59 Å². The molecule has 0 aliphatic rings. The fourth-order valence-corrected chi connectivity index (χ4v) is 1.88. The van der Waals surface area contributed by atoms with Crippen LogP contribution in [0.2, 0.25) is 0 Å². The van der Waals surface area contributed by atoms with Crippen molar-refractivity contribution in [2.45, 2.75) is 32.7 Å². The maximum Gasteiger partial charge on any atom is 0.308 e. The Morgan fingerprint density at radius 2 is 1.76 bits per heavy atom. The first kappa shape index (κ1) is 17.0. The summed E-state index contributed by atoms with van der Waals surface area (Å²) in [5.41, 5.74) is 2.21. The van der Waals surface area contributed by atoms with Crippen LogP contribution in [-0.2, 0) is 16.0 Å². The number of hydrogen-bond acceptors (Lipinski definition) is 3. The Hall–Kier alpha value is -2.04. The Labute approximate surface area is 126 Å². The summed E-state index contributed by atoms with van der Waals surface area (Å²) in [4.78, 5) is 24.7. The van der Waals surface area contributed by atoms with Crippen molar-refractivity contribution in [1.82, 2.24) is 5.32 Å². The van der Waals surface area contributed by atoms with Gasteiger partial charge in [0.25, 0.3) is 0 Å². The molecule has 0 fully saturated rings. The van der Waals surface area contributed by atoms with Crippen LogP contribution in [0.1, 0.15) is 25.8 Å². The van der Waals surface area contributed by atoms with Gasteiger partial charge in [-0.05, 0) is 38.0 Å². The molecule has 0 heterocycles. The second kappa shape index (κ2) is 7.67. The van der Waals surface area contributed by atoms with Crippen LogP contribution < -0.4 is 10.2 Å². The zero-order valence-corrected chi connectivity index (χ0v) is 13.1. The number of benzene rings is 1. The number of nitrogens with one attached hydrogen (secondary N) is 1. The smallest absolute Gasteiger partial charge is 0.308 e. The normalized spacial score (nSPS) is 13.3. The molecular formula is C16H24N2O3. The molecule has 0 aliphatic heterocycles.